The molecule has 1 unspecified atom stereocenters. The second-order valence-corrected chi connectivity index (χ2v) is 6.68. The first-order valence-electron chi connectivity index (χ1n) is 7.25. The summed E-state index contributed by atoms with van der Waals surface area (Å²) >= 11 is 12.6. The minimum atomic E-state index is -0.356. The molecular formula is C17H28Cl2O2. The third-order valence-corrected chi connectivity index (χ3v) is 5.65. The first-order chi connectivity index (χ1) is 9.70. The topological polar surface area (TPSA) is 26.3 Å². The summed E-state index contributed by atoms with van der Waals surface area (Å²) < 4.78 is 5.26. The predicted molar refractivity (Wildman–Crippen MR) is 91.6 cm³/mol. The Morgan fingerprint density at radius 1 is 1.14 bits per heavy atom. The highest BCUT2D eigenvalue weighted by Crippen LogP contribution is 2.52. The largest absolute Gasteiger partial charge is 0.462 e. The fraction of sp³-hybridized carbons (Fsp3) is 0.706. The zero-order valence-corrected chi connectivity index (χ0v) is 15.2. The van der Waals surface area contributed by atoms with Crippen molar-refractivity contribution in [3.63, 3.8) is 0 Å². The number of ether oxygens (including phenoxy) is 1. The highest BCUT2D eigenvalue weighted by atomic mass is 35.5. The van der Waals surface area contributed by atoms with Crippen LogP contribution >= 0.6 is 23.2 Å². The number of carbonyl (C=O) groups excluding carboxylic acids is 1. The lowest BCUT2D eigenvalue weighted by atomic mass is 9.57. The Bertz CT molecular complexity index is 349. The molecule has 0 amide bonds. The maximum atomic E-state index is 11.5. The molecule has 0 aliphatic carbocycles. The quantitative estimate of drug-likeness (QED) is 0.312. The molecular weight excluding hydrogens is 307 g/mol. The second-order valence-electron chi connectivity index (χ2n) is 6.15. The molecule has 2 radical (unpaired) electrons. The van der Waals surface area contributed by atoms with Gasteiger partial charge in [-0.05, 0) is 31.1 Å². The van der Waals surface area contributed by atoms with E-state index in [4.69, 9.17) is 27.9 Å². The van der Waals surface area contributed by atoms with Crippen molar-refractivity contribution in [2.24, 2.45) is 10.8 Å². The maximum absolute atomic E-state index is 11.5. The highest BCUT2D eigenvalue weighted by molar-refractivity contribution is 6.21. The van der Waals surface area contributed by atoms with Crippen molar-refractivity contribution in [2.45, 2.75) is 47.0 Å². The van der Waals surface area contributed by atoms with E-state index in [2.05, 4.69) is 34.3 Å². The molecule has 0 spiro atoms. The molecule has 0 saturated carbocycles. The molecule has 122 valence electrons. The zero-order chi connectivity index (χ0) is 16.7. The van der Waals surface area contributed by atoms with E-state index in [1.54, 1.807) is 6.92 Å². The Labute approximate surface area is 140 Å². The monoisotopic (exact) mass is 334 g/mol. The summed E-state index contributed by atoms with van der Waals surface area (Å²) in [5.41, 5.74) is -0.0387. The summed E-state index contributed by atoms with van der Waals surface area (Å²) in [6.45, 7) is 15.8. The molecule has 21 heavy (non-hydrogen) atoms. The van der Waals surface area contributed by atoms with Gasteiger partial charge >= 0.3 is 5.97 Å². The van der Waals surface area contributed by atoms with Crippen molar-refractivity contribution in [3.05, 3.63) is 25.0 Å². The van der Waals surface area contributed by atoms with Gasteiger partial charge in [0.15, 0.2) is 0 Å². The first kappa shape index (κ1) is 20.8. The molecule has 0 rings (SSSR count). The van der Waals surface area contributed by atoms with Crippen LogP contribution in [0.3, 0.4) is 0 Å². The van der Waals surface area contributed by atoms with Crippen molar-refractivity contribution in [1.29, 1.82) is 0 Å². The van der Waals surface area contributed by atoms with Gasteiger partial charge in [0.05, 0.1) is 6.61 Å². The Morgan fingerprint density at radius 2 is 1.67 bits per heavy atom. The van der Waals surface area contributed by atoms with Crippen LogP contribution in [0.1, 0.15) is 47.0 Å². The Balaban J connectivity index is 5.13. The molecule has 0 aromatic rings. The van der Waals surface area contributed by atoms with E-state index in [0.29, 0.717) is 30.4 Å². The van der Waals surface area contributed by atoms with E-state index in [0.717, 1.165) is 12.8 Å². The molecule has 0 heterocycles. The van der Waals surface area contributed by atoms with Gasteiger partial charge in [-0.2, -0.15) is 0 Å². The van der Waals surface area contributed by atoms with Gasteiger partial charge in [0.25, 0.3) is 0 Å². The van der Waals surface area contributed by atoms with Crippen LogP contribution in [0.5, 0.6) is 0 Å². The van der Waals surface area contributed by atoms with Gasteiger partial charge in [-0.25, -0.2) is 4.79 Å². The van der Waals surface area contributed by atoms with Crippen LogP contribution in [-0.2, 0) is 9.53 Å². The van der Waals surface area contributed by atoms with E-state index in [9.17, 15) is 4.79 Å². The second kappa shape index (κ2) is 9.05. The summed E-state index contributed by atoms with van der Waals surface area (Å²) in [5.74, 6) is 1.80. The van der Waals surface area contributed by atoms with Crippen LogP contribution < -0.4 is 0 Å². The number of carbonyl (C=O) groups is 1. The van der Waals surface area contributed by atoms with E-state index in [-0.39, 0.29) is 16.8 Å². The van der Waals surface area contributed by atoms with E-state index in [1.165, 1.54) is 5.92 Å². The molecule has 0 fully saturated rings. The van der Waals surface area contributed by atoms with Gasteiger partial charge in [-0.15, -0.1) is 23.2 Å². The Kier molecular flexibility index (Phi) is 8.96. The summed E-state index contributed by atoms with van der Waals surface area (Å²) in [6, 6.07) is 0. The number of hydrogen-bond acceptors (Lipinski definition) is 2. The summed E-state index contributed by atoms with van der Waals surface area (Å²) in [5, 5.41) is 0. The van der Waals surface area contributed by atoms with E-state index in [1.807, 2.05) is 0 Å². The maximum Gasteiger partial charge on any atom is 0.333 e. The van der Waals surface area contributed by atoms with Crippen LogP contribution in [0, 0.1) is 23.7 Å². The average molecular weight is 335 g/mol. The van der Waals surface area contributed by atoms with Crippen LogP contribution in [0.25, 0.3) is 0 Å². The van der Waals surface area contributed by atoms with Gasteiger partial charge < -0.3 is 4.74 Å². The third kappa shape index (κ3) is 4.89. The highest BCUT2D eigenvalue weighted by Gasteiger charge is 2.48. The molecule has 0 aliphatic rings. The average Bonchev–Trinajstić information content (AvgIpc) is 2.43. The van der Waals surface area contributed by atoms with Crippen molar-refractivity contribution in [2.75, 3.05) is 18.4 Å². The van der Waals surface area contributed by atoms with Crippen molar-refractivity contribution < 1.29 is 9.53 Å². The smallest absolute Gasteiger partial charge is 0.333 e. The molecule has 1 atom stereocenters. The molecule has 0 N–H and O–H groups in total. The molecule has 0 bridgehead atoms. The molecule has 0 aromatic carbocycles. The summed E-state index contributed by atoms with van der Waals surface area (Å²) in [7, 11) is 0. The third-order valence-electron chi connectivity index (χ3n) is 4.62. The Hall–Kier alpha value is -0.210. The van der Waals surface area contributed by atoms with Gasteiger partial charge in [-0.3, -0.25) is 0 Å². The van der Waals surface area contributed by atoms with Gasteiger partial charge in [-0.1, -0.05) is 40.7 Å². The minimum Gasteiger partial charge on any atom is -0.462 e. The van der Waals surface area contributed by atoms with Crippen LogP contribution in [-0.4, -0.2) is 24.3 Å². The Morgan fingerprint density at radius 3 is 2.00 bits per heavy atom. The van der Waals surface area contributed by atoms with Crippen LogP contribution in [0.2, 0.25) is 0 Å². The first-order valence-corrected chi connectivity index (χ1v) is 8.32. The molecule has 4 heteroatoms. The number of esters is 1. The van der Waals surface area contributed by atoms with Gasteiger partial charge in [0, 0.05) is 22.7 Å². The number of alkyl halides is 2. The zero-order valence-electron chi connectivity index (χ0n) is 13.7. The van der Waals surface area contributed by atoms with Crippen LogP contribution in [0.15, 0.2) is 12.2 Å². The number of hydrogen-bond donors (Lipinski definition) is 0. The normalized spacial score (nSPS) is 14.9. The van der Waals surface area contributed by atoms with Crippen molar-refractivity contribution in [3.8, 4) is 0 Å². The van der Waals surface area contributed by atoms with Gasteiger partial charge in [0.1, 0.15) is 0 Å². The fourth-order valence-electron chi connectivity index (χ4n) is 2.60. The van der Waals surface area contributed by atoms with Crippen molar-refractivity contribution >= 4 is 29.2 Å². The lowest BCUT2D eigenvalue weighted by Gasteiger charge is -2.50. The molecule has 0 saturated heterocycles. The number of halogens is 2. The minimum absolute atomic E-state index is 0.205. The van der Waals surface area contributed by atoms with Gasteiger partial charge in [0.2, 0.25) is 0 Å². The molecule has 0 aromatic heterocycles. The SMILES string of the molecule is [CH2]CCC(CCl)(CCl)C(C)(CCOC(=O)C(=C)C)[C](C)C. The molecule has 0 aliphatic heterocycles. The van der Waals surface area contributed by atoms with Crippen molar-refractivity contribution in [1.82, 2.24) is 0 Å². The fourth-order valence-corrected chi connectivity index (χ4v) is 3.74. The summed E-state index contributed by atoms with van der Waals surface area (Å²) in [4.78, 5) is 11.5. The molecule has 2 nitrogen and oxygen atoms in total. The van der Waals surface area contributed by atoms with E-state index < -0.39 is 0 Å². The summed E-state index contributed by atoms with van der Waals surface area (Å²) in [6.07, 6.45) is 2.30. The number of rotatable bonds is 10. The van der Waals surface area contributed by atoms with Crippen LogP contribution in [0.4, 0.5) is 0 Å². The standard InChI is InChI=1S/C17H28Cl2O2/c1-7-8-17(11-18,12-19)16(6,14(4)5)9-10-21-15(20)13(2)3/h1-2,7-12H2,3-6H3. The predicted octanol–water partition coefficient (Wildman–Crippen LogP) is 5.19. The lowest BCUT2D eigenvalue weighted by molar-refractivity contribution is -0.140. The van der Waals surface area contributed by atoms with E-state index >= 15 is 0 Å². The lowest BCUT2D eigenvalue weighted by Crippen LogP contribution is -2.46.